The molecule has 4 unspecified atom stereocenters. The first-order valence-electron chi connectivity index (χ1n) is 7.99. The van der Waals surface area contributed by atoms with Gasteiger partial charge in [-0.2, -0.15) is 0 Å². The maximum Gasteiger partial charge on any atom is 0.318 e. The molecule has 6 heteroatoms. The molecular weight excluding hydrogens is 296 g/mol. The minimum Gasteiger partial charge on any atom is -0.488 e. The molecule has 0 spiro atoms. The number of carbonyl (C=O) groups is 2. The van der Waals surface area contributed by atoms with Crippen LogP contribution in [0.2, 0.25) is 0 Å². The summed E-state index contributed by atoms with van der Waals surface area (Å²) < 4.78 is 5.76. The summed E-state index contributed by atoms with van der Waals surface area (Å²) in [6, 6.07) is 7.23. The summed E-state index contributed by atoms with van der Waals surface area (Å²) in [5.41, 5.74) is 0.966. The lowest BCUT2D eigenvalue weighted by Gasteiger charge is -2.35. The summed E-state index contributed by atoms with van der Waals surface area (Å²) in [6.45, 7) is 4.74. The Morgan fingerprint density at radius 2 is 2.00 bits per heavy atom. The number of carbonyl (C=O) groups excluding carboxylic acids is 1. The number of hydrogen-bond acceptors (Lipinski definition) is 3. The number of carboxylic acid groups (broad SMARTS) is 1. The number of fused-ring (bicyclic) bond motifs is 1. The van der Waals surface area contributed by atoms with Crippen molar-refractivity contribution in [3.8, 4) is 5.75 Å². The van der Waals surface area contributed by atoms with Gasteiger partial charge in [-0.05, 0) is 25.3 Å². The molecule has 3 rings (SSSR count). The van der Waals surface area contributed by atoms with Gasteiger partial charge in [-0.3, -0.25) is 4.79 Å². The third kappa shape index (κ3) is 3.11. The number of benzene rings is 1. The number of amides is 2. The summed E-state index contributed by atoms with van der Waals surface area (Å²) in [5, 5.41) is 12.2. The van der Waals surface area contributed by atoms with Gasteiger partial charge in [0.2, 0.25) is 0 Å². The standard InChI is InChI=1S/C17H22N2O4/c1-10-7-12(16(20)21)9-19(8-10)17(22)18-15-11(2)23-14-6-4-3-5-13(14)15/h3-6,10-12,15H,7-9H2,1-2H3,(H,18,22)(H,20,21). The van der Waals surface area contributed by atoms with Crippen LogP contribution in [0.3, 0.4) is 0 Å². The van der Waals surface area contributed by atoms with Crippen molar-refractivity contribution in [1.82, 2.24) is 10.2 Å². The van der Waals surface area contributed by atoms with Crippen LogP contribution in [0.25, 0.3) is 0 Å². The summed E-state index contributed by atoms with van der Waals surface area (Å²) in [6.07, 6.45) is 0.471. The monoisotopic (exact) mass is 318 g/mol. The Hall–Kier alpha value is -2.24. The molecule has 1 aromatic carbocycles. The Bertz CT molecular complexity index is 618. The zero-order valence-electron chi connectivity index (χ0n) is 13.4. The molecule has 1 saturated heterocycles. The fourth-order valence-electron chi connectivity index (χ4n) is 3.48. The second kappa shape index (κ2) is 6.10. The van der Waals surface area contributed by atoms with Gasteiger partial charge in [0, 0.05) is 18.7 Å². The smallest absolute Gasteiger partial charge is 0.318 e. The maximum absolute atomic E-state index is 12.6. The number of aliphatic carboxylic acids is 1. The van der Waals surface area contributed by atoms with Gasteiger partial charge in [0.1, 0.15) is 11.9 Å². The number of likely N-dealkylation sites (tertiary alicyclic amines) is 1. The Kier molecular flexibility index (Phi) is 4.15. The highest BCUT2D eigenvalue weighted by atomic mass is 16.5. The number of nitrogens with one attached hydrogen (secondary N) is 1. The second-order valence-corrected chi connectivity index (χ2v) is 6.57. The molecule has 0 bridgehead atoms. The topological polar surface area (TPSA) is 78.9 Å². The Labute approximate surface area is 135 Å². The molecule has 2 aliphatic heterocycles. The normalized spacial score (nSPS) is 29.6. The average molecular weight is 318 g/mol. The van der Waals surface area contributed by atoms with Crippen molar-refractivity contribution < 1.29 is 19.4 Å². The van der Waals surface area contributed by atoms with Crippen LogP contribution in [0, 0.1) is 11.8 Å². The zero-order valence-corrected chi connectivity index (χ0v) is 13.4. The van der Waals surface area contributed by atoms with E-state index in [9.17, 15) is 14.7 Å². The van der Waals surface area contributed by atoms with Gasteiger partial charge in [0.15, 0.2) is 0 Å². The third-order valence-electron chi connectivity index (χ3n) is 4.61. The molecule has 2 heterocycles. The Morgan fingerprint density at radius 3 is 2.74 bits per heavy atom. The number of carboxylic acids is 1. The number of urea groups is 1. The highest BCUT2D eigenvalue weighted by molar-refractivity contribution is 5.77. The summed E-state index contributed by atoms with van der Waals surface area (Å²) >= 11 is 0. The van der Waals surface area contributed by atoms with E-state index >= 15 is 0 Å². The predicted octanol–water partition coefficient (Wildman–Crippen LogP) is 2.26. The lowest BCUT2D eigenvalue weighted by Crippen LogP contribution is -2.51. The van der Waals surface area contributed by atoms with Crippen LogP contribution in [0.15, 0.2) is 24.3 Å². The minimum atomic E-state index is -0.836. The second-order valence-electron chi connectivity index (χ2n) is 6.57. The molecular formula is C17H22N2O4. The maximum atomic E-state index is 12.6. The van der Waals surface area contributed by atoms with Crippen LogP contribution in [0.1, 0.15) is 31.9 Å². The van der Waals surface area contributed by atoms with Gasteiger partial charge in [0.25, 0.3) is 0 Å². The number of ether oxygens (including phenoxy) is 1. The van der Waals surface area contributed by atoms with Crippen LogP contribution < -0.4 is 10.1 Å². The van der Waals surface area contributed by atoms with Crippen LogP contribution in [0.4, 0.5) is 4.79 Å². The van der Waals surface area contributed by atoms with Crippen LogP contribution >= 0.6 is 0 Å². The van der Waals surface area contributed by atoms with Crippen molar-refractivity contribution >= 4 is 12.0 Å². The fourth-order valence-corrected chi connectivity index (χ4v) is 3.48. The zero-order chi connectivity index (χ0) is 16.6. The molecule has 4 atom stereocenters. The first-order valence-corrected chi connectivity index (χ1v) is 7.99. The lowest BCUT2D eigenvalue weighted by molar-refractivity contribution is -0.143. The molecule has 2 amide bonds. The molecule has 6 nitrogen and oxygen atoms in total. The van der Waals surface area contributed by atoms with E-state index in [4.69, 9.17) is 4.74 Å². The molecule has 124 valence electrons. The number of piperidine rings is 1. The van der Waals surface area contributed by atoms with E-state index in [1.807, 2.05) is 38.1 Å². The summed E-state index contributed by atoms with van der Waals surface area (Å²) in [5.74, 6) is -0.354. The number of para-hydroxylation sites is 1. The van der Waals surface area contributed by atoms with Gasteiger partial charge in [-0.15, -0.1) is 0 Å². The van der Waals surface area contributed by atoms with Gasteiger partial charge in [-0.25, -0.2) is 4.79 Å². The molecule has 2 N–H and O–H groups in total. The molecule has 1 aromatic rings. The van der Waals surface area contributed by atoms with E-state index in [1.54, 1.807) is 4.90 Å². The number of nitrogens with zero attached hydrogens (tertiary/aromatic N) is 1. The number of hydrogen-bond donors (Lipinski definition) is 2. The molecule has 0 aliphatic carbocycles. The lowest BCUT2D eigenvalue weighted by atomic mass is 9.91. The van der Waals surface area contributed by atoms with Gasteiger partial charge in [0.05, 0.1) is 12.0 Å². The van der Waals surface area contributed by atoms with Crippen molar-refractivity contribution in [2.24, 2.45) is 11.8 Å². The van der Waals surface area contributed by atoms with E-state index in [0.717, 1.165) is 11.3 Å². The van der Waals surface area contributed by atoms with Crippen molar-refractivity contribution in [2.45, 2.75) is 32.4 Å². The average Bonchev–Trinajstić information content (AvgIpc) is 2.82. The Balaban J connectivity index is 1.70. The molecule has 2 aliphatic rings. The van der Waals surface area contributed by atoms with Crippen molar-refractivity contribution in [1.29, 1.82) is 0 Å². The first-order chi connectivity index (χ1) is 11.0. The summed E-state index contributed by atoms with van der Waals surface area (Å²) in [7, 11) is 0. The summed E-state index contributed by atoms with van der Waals surface area (Å²) in [4.78, 5) is 25.5. The van der Waals surface area contributed by atoms with Crippen LogP contribution in [0.5, 0.6) is 5.75 Å². The third-order valence-corrected chi connectivity index (χ3v) is 4.61. The van der Waals surface area contributed by atoms with Crippen LogP contribution in [-0.4, -0.2) is 41.2 Å². The quantitative estimate of drug-likeness (QED) is 0.876. The molecule has 1 fully saturated rings. The van der Waals surface area contributed by atoms with Crippen molar-refractivity contribution in [2.75, 3.05) is 13.1 Å². The largest absolute Gasteiger partial charge is 0.488 e. The predicted molar refractivity (Wildman–Crippen MR) is 84.3 cm³/mol. The van der Waals surface area contributed by atoms with E-state index in [1.165, 1.54) is 0 Å². The molecule has 0 radical (unpaired) electrons. The van der Waals surface area contributed by atoms with Crippen LogP contribution in [-0.2, 0) is 4.79 Å². The van der Waals surface area contributed by atoms with Crippen molar-refractivity contribution in [3.63, 3.8) is 0 Å². The molecule has 0 saturated carbocycles. The van der Waals surface area contributed by atoms with Gasteiger partial charge >= 0.3 is 12.0 Å². The van der Waals surface area contributed by atoms with E-state index < -0.39 is 11.9 Å². The number of rotatable bonds is 2. The SMILES string of the molecule is CC1CC(C(=O)O)CN(C(=O)NC2c3ccccc3OC2C)C1. The van der Waals surface area contributed by atoms with E-state index in [-0.39, 0.29) is 30.6 Å². The molecule has 23 heavy (non-hydrogen) atoms. The molecule has 0 aromatic heterocycles. The fraction of sp³-hybridized carbons (Fsp3) is 0.529. The van der Waals surface area contributed by atoms with Crippen molar-refractivity contribution in [3.05, 3.63) is 29.8 Å². The highest BCUT2D eigenvalue weighted by Crippen LogP contribution is 2.36. The highest BCUT2D eigenvalue weighted by Gasteiger charge is 2.36. The van der Waals surface area contributed by atoms with E-state index in [2.05, 4.69) is 5.32 Å². The van der Waals surface area contributed by atoms with Gasteiger partial charge < -0.3 is 20.1 Å². The van der Waals surface area contributed by atoms with Gasteiger partial charge in [-0.1, -0.05) is 25.1 Å². The minimum absolute atomic E-state index is 0.145. The Morgan fingerprint density at radius 1 is 1.26 bits per heavy atom. The first kappa shape index (κ1) is 15.6. The van der Waals surface area contributed by atoms with E-state index in [0.29, 0.717) is 13.0 Å².